The van der Waals surface area contributed by atoms with Gasteiger partial charge in [-0.3, -0.25) is 4.99 Å². The summed E-state index contributed by atoms with van der Waals surface area (Å²) in [6.45, 7) is 7.05. The number of benzene rings is 6. The van der Waals surface area contributed by atoms with Gasteiger partial charge in [-0.15, -0.1) is 0 Å². The monoisotopic (exact) mass is 576 g/mol. The molecule has 1 spiro atoms. The first-order chi connectivity index (χ1) is 22.2. The largest absolute Gasteiger partial charge is 0.261 e. The van der Waals surface area contributed by atoms with Crippen molar-refractivity contribution in [3.63, 3.8) is 0 Å². The summed E-state index contributed by atoms with van der Waals surface area (Å²) in [4.78, 5) is 10.4. The van der Waals surface area contributed by atoms with E-state index in [0.29, 0.717) is 12.4 Å². The highest BCUT2D eigenvalue weighted by Crippen LogP contribution is 2.63. The van der Waals surface area contributed by atoms with Crippen molar-refractivity contribution >= 4 is 11.5 Å². The van der Waals surface area contributed by atoms with Crippen molar-refractivity contribution < 1.29 is 0 Å². The number of amidine groups is 1. The number of rotatable bonds is 5. The Kier molecular flexibility index (Phi) is 6.50. The zero-order valence-electron chi connectivity index (χ0n) is 25.2. The van der Waals surface area contributed by atoms with E-state index in [4.69, 9.17) is 9.98 Å². The molecule has 0 saturated carbocycles. The minimum Gasteiger partial charge on any atom is -0.261 e. The van der Waals surface area contributed by atoms with Crippen LogP contribution >= 0.6 is 0 Å². The van der Waals surface area contributed by atoms with Crippen LogP contribution in [0.1, 0.15) is 45.9 Å². The third kappa shape index (κ3) is 4.17. The Morgan fingerprint density at radius 2 is 1.07 bits per heavy atom. The van der Waals surface area contributed by atoms with Gasteiger partial charge in [-0.2, -0.15) is 0 Å². The van der Waals surface area contributed by atoms with Gasteiger partial charge in [-0.05, 0) is 62.6 Å². The first kappa shape index (κ1) is 27.0. The molecule has 2 nitrogen and oxygen atoms in total. The molecule has 2 aliphatic carbocycles. The van der Waals surface area contributed by atoms with Crippen LogP contribution in [0.4, 0.5) is 0 Å². The average molecular weight is 577 g/mol. The van der Waals surface area contributed by atoms with E-state index < -0.39 is 5.41 Å². The van der Waals surface area contributed by atoms with Crippen LogP contribution in [0.5, 0.6) is 0 Å². The van der Waals surface area contributed by atoms with Crippen LogP contribution in [0.25, 0.3) is 22.3 Å². The molecule has 0 unspecified atom stereocenters. The molecule has 0 fully saturated rings. The standard InChI is InChI=1S/C43H32N2/c1-29(2)41(45-42(31-18-7-4-8-19-31)44-28-30-16-5-3-6-17-30)35-23-15-27-39-40(35)34-22-11-14-26-38(34)43(39)36-24-12-9-20-32(36)33-21-10-13-25-37(33)43/h3-27H,1,28H2,2H3. The lowest BCUT2D eigenvalue weighted by molar-refractivity contribution is 0.793. The normalized spacial score (nSPS) is 14.1. The van der Waals surface area contributed by atoms with Crippen molar-refractivity contribution in [2.24, 2.45) is 9.98 Å². The highest BCUT2D eigenvalue weighted by atomic mass is 14.9. The lowest BCUT2D eigenvalue weighted by Gasteiger charge is -2.30. The molecule has 0 aliphatic heterocycles. The fourth-order valence-corrected chi connectivity index (χ4v) is 7.36. The summed E-state index contributed by atoms with van der Waals surface area (Å²) in [5.41, 5.74) is 14.9. The molecule has 214 valence electrons. The van der Waals surface area contributed by atoms with E-state index in [9.17, 15) is 0 Å². The summed E-state index contributed by atoms with van der Waals surface area (Å²) in [7, 11) is 0. The highest BCUT2D eigenvalue weighted by molar-refractivity contribution is 6.22. The Labute approximate surface area is 264 Å². The van der Waals surface area contributed by atoms with E-state index in [1.807, 2.05) is 24.3 Å². The van der Waals surface area contributed by atoms with Crippen molar-refractivity contribution in [1.29, 1.82) is 0 Å². The molecule has 6 aromatic rings. The minimum atomic E-state index is -0.404. The quantitative estimate of drug-likeness (QED) is 0.144. The summed E-state index contributed by atoms with van der Waals surface area (Å²) in [5, 5.41) is 0. The number of aliphatic imine (C=N–C) groups is 2. The van der Waals surface area contributed by atoms with Crippen LogP contribution in [0.15, 0.2) is 174 Å². The molecule has 0 atom stereocenters. The lowest BCUT2D eigenvalue weighted by Crippen LogP contribution is -2.26. The Morgan fingerprint density at radius 3 is 1.69 bits per heavy atom. The molecule has 0 saturated heterocycles. The maximum Gasteiger partial charge on any atom is 0.155 e. The predicted molar refractivity (Wildman–Crippen MR) is 187 cm³/mol. The molecule has 0 bridgehead atoms. The fourth-order valence-electron chi connectivity index (χ4n) is 7.36. The van der Waals surface area contributed by atoms with Crippen LogP contribution in [-0.2, 0) is 12.0 Å². The third-order valence-corrected chi connectivity index (χ3v) is 9.18. The third-order valence-electron chi connectivity index (χ3n) is 9.18. The van der Waals surface area contributed by atoms with Crippen molar-refractivity contribution in [2.45, 2.75) is 18.9 Å². The topological polar surface area (TPSA) is 24.7 Å². The molecule has 45 heavy (non-hydrogen) atoms. The molecular formula is C43H32N2. The number of fused-ring (bicyclic) bond motifs is 10. The van der Waals surface area contributed by atoms with Crippen molar-refractivity contribution in [3.05, 3.63) is 203 Å². The second kappa shape index (κ2) is 10.8. The van der Waals surface area contributed by atoms with Crippen LogP contribution in [0.2, 0.25) is 0 Å². The molecule has 6 aromatic carbocycles. The first-order valence-corrected chi connectivity index (χ1v) is 15.5. The van der Waals surface area contributed by atoms with Crippen LogP contribution < -0.4 is 0 Å². The van der Waals surface area contributed by atoms with E-state index in [-0.39, 0.29) is 0 Å². The smallest absolute Gasteiger partial charge is 0.155 e. The number of hydrogen-bond donors (Lipinski definition) is 0. The molecule has 2 heteroatoms. The fraction of sp³-hybridized carbons (Fsp3) is 0.0698. The molecule has 0 N–H and O–H groups in total. The molecular weight excluding hydrogens is 544 g/mol. The number of nitrogens with zero attached hydrogens (tertiary/aromatic N) is 2. The predicted octanol–water partition coefficient (Wildman–Crippen LogP) is 10.0. The van der Waals surface area contributed by atoms with Gasteiger partial charge in [0.1, 0.15) is 0 Å². The van der Waals surface area contributed by atoms with Gasteiger partial charge in [0.25, 0.3) is 0 Å². The number of allylic oxidation sites excluding steroid dienone is 1. The van der Waals surface area contributed by atoms with Gasteiger partial charge in [-0.25, -0.2) is 4.99 Å². The Morgan fingerprint density at radius 1 is 0.556 bits per heavy atom. The summed E-state index contributed by atoms with van der Waals surface area (Å²) < 4.78 is 0. The minimum absolute atomic E-state index is 0.404. The van der Waals surface area contributed by atoms with Crippen LogP contribution in [0, 0.1) is 0 Å². The Hall–Kier alpha value is -5.60. The van der Waals surface area contributed by atoms with Gasteiger partial charge in [0.05, 0.1) is 17.7 Å². The second-order valence-corrected chi connectivity index (χ2v) is 11.8. The van der Waals surface area contributed by atoms with Gasteiger partial charge < -0.3 is 0 Å². The molecule has 0 aromatic heterocycles. The van der Waals surface area contributed by atoms with E-state index in [1.165, 1.54) is 44.5 Å². The summed E-state index contributed by atoms with van der Waals surface area (Å²) in [6, 6.07) is 54.0. The summed E-state index contributed by atoms with van der Waals surface area (Å²) in [6.07, 6.45) is 0. The maximum atomic E-state index is 5.35. The van der Waals surface area contributed by atoms with Crippen molar-refractivity contribution in [3.8, 4) is 22.3 Å². The summed E-state index contributed by atoms with van der Waals surface area (Å²) >= 11 is 0. The van der Waals surface area contributed by atoms with Gasteiger partial charge in [0.15, 0.2) is 5.84 Å². The summed E-state index contributed by atoms with van der Waals surface area (Å²) in [5.74, 6) is 0.701. The molecule has 8 rings (SSSR count). The number of hydrogen-bond acceptors (Lipinski definition) is 1. The van der Waals surface area contributed by atoms with Gasteiger partial charge in [-0.1, -0.05) is 158 Å². The van der Waals surface area contributed by atoms with E-state index in [0.717, 1.165) is 28.0 Å². The van der Waals surface area contributed by atoms with E-state index >= 15 is 0 Å². The van der Waals surface area contributed by atoms with Gasteiger partial charge in [0.2, 0.25) is 0 Å². The molecule has 0 radical (unpaired) electrons. The van der Waals surface area contributed by atoms with E-state index in [2.05, 4.69) is 141 Å². The molecule has 0 amide bonds. The van der Waals surface area contributed by atoms with Crippen molar-refractivity contribution in [2.75, 3.05) is 0 Å². The molecule has 2 aliphatic rings. The van der Waals surface area contributed by atoms with E-state index in [1.54, 1.807) is 0 Å². The Bertz CT molecular complexity index is 2110. The molecule has 0 heterocycles. The van der Waals surface area contributed by atoms with Crippen LogP contribution in [-0.4, -0.2) is 11.5 Å². The average Bonchev–Trinajstić information content (AvgIpc) is 3.57. The lowest BCUT2D eigenvalue weighted by atomic mass is 9.70. The maximum absolute atomic E-state index is 5.35. The van der Waals surface area contributed by atoms with Crippen LogP contribution in [0.3, 0.4) is 0 Å². The van der Waals surface area contributed by atoms with Crippen molar-refractivity contribution in [1.82, 2.24) is 0 Å². The Balaban J connectivity index is 1.39. The van der Waals surface area contributed by atoms with Gasteiger partial charge >= 0.3 is 0 Å². The van der Waals surface area contributed by atoms with Gasteiger partial charge in [0, 0.05) is 11.1 Å². The first-order valence-electron chi connectivity index (χ1n) is 15.5. The second-order valence-electron chi connectivity index (χ2n) is 11.8. The zero-order chi connectivity index (χ0) is 30.4. The highest BCUT2D eigenvalue weighted by Gasteiger charge is 2.52. The zero-order valence-corrected chi connectivity index (χ0v) is 25.2. The SMILES string of the molecule is C=C(C)C(=NC(=NCc1ccccc1)c1ccccc1)c1cccc2c1-c1ccccc1C21c2ccccc2-c2ccccc21.